The zero-order valence-electron chi connectivity index (χ0n) is 17.1. The minimum Gasteiger partial charge on any atom is -0.495 e. The van der Waals surface area contributed by atoms with Crippen molar-refractivity contribution >= 4 is 52.3 Å². The number of fused-ring (bicyclic) bond motifs is 7. The number of amides is 3. The molecule has 3 fully saturated rings. The number of nitrogens with one attached hydrogen (secondary N) is 1. The number of benzene rings is 2. The summed E-state index contributed by atoms with van der Waals surface area (Å²) in [6.07, 6.45) is 1.59. The molecule has 0 radical (unpaired) electrons. The van der Waals surface area contributed by atoms with E-state index in [-0.39, 0.29) is 17.9 Å². The first-order valence-corrected chi connectivity index (χ1v) is 11.3. The molecule has 4 atom stereocenters. The third-order valence-corrected chi connectivity index (χ3v) is 7.91. The van der Waals surface area contributed by atoms with E-state index in [1.165, 1.54) is 7.11 Å². The van der Waals surface area contributed by atoms with Crippen LogP contribution in [0, 0.1) is 11.8 Å². The molecule has 164 valence electrons. The summed E-state index contributed by atoms with van der Waals surface area (Å²) in [5.41, 5.74) is 0.216. The van der Waals surface area contributed by atoms with Crippen molar-refractivity contribution in [1.82, 2.24) is 4.90 Å². The smallest absolute Gasteiger partial charge is 0.250 e. The molecule has 3 saturated heterocycles. The Labute approximate surface area is 194 Å². The van der Waals surface area contributed by atoms with Crippen molar-refractivity contribution in [3.63, 3.8) is 0 Å². The van der Waals surface area contributed by atoms with Crippen molar-refractivity contribution in [2.24, 2.45) is 11.8 Å². The van der Waals surface area contributed by atoms with E-state index < -0.39 is 23.3 Å². The molecule has 1 spiro atoms. The number of anilines is 2. The first kappa shape index (κ1) is 20.0. The van der Waals surface area contributed by atoms with E-state index in [4.69, 9.17) is 27.9 Å². The third kappa shape index (κ3) is 2.23. The summed E-state index contributed by atoms with van der Waals surface area (Å²) in [5.74, 6) is -2.17. The minimum absolute atomic E-state index is 0.206. The maximum absolute atomic E-state index is 14.0. The Morgan fingerprint density at radius 3 is 2.72 bits per heavy atom. The summed E-state index contributed by atoms with van der Waals surface area (Å²) in [4.78, 5) is 44.6. The Balaban J connectivity index is 1.57. The lowest BCUT2D eigenvalue weighted by Gasteiger charge is -2.36. The average molecular weight is 472 g/mol. The highest BCUT2D eigenvalue weighted by atomic mass is 35.5. The fourth-order valence-electron chi connectivity index (χ4n) is 6.27. The number of para-hydroxylation sites is 1. The lowest BCUT2D eigenvalue weighted by Crippen LogP contribution is -2.54. The molecule has 1 N–H and O–H groups in total. The maximum Gasteiger partial charge on any atom is 0.250 e. The van der Waals surface area contributed by atoms with Gasteiger partial charge in [0, 0.05) is 16.6 Å². The second kappa shape index (κ2) is 6.70. The van der Waals surface area contributed by atoms with E-state index in [0.29, 0.717) is 39.3 Å². The topological polar surface area (TPSA) is 79.0 Å². The van der Waals surface area contributed by atoms with Crippen LogP contribution in [-0.2, 0) is 19.9 Å². The van der Waals surface area contributed by atoms with Gasteiger partial charge in [0.2, 0.25) is 11.8 Å². The monoisotopic (exact) mass is 471 g/mol. The SMILES string of the molecule is COc1ccc(Cl)cc1N1C(=O)[C@@H]2[C@@H]3CCCN3[C@@]3(C(=O)Nc4c(Cl)cccc43)[C@H]2C1=O. The molecule has 0 unspecified atom stereocenters. The molecule has 32 heavy (non-hydrogen) atoms. The van der Waals surface area contributed by atoms with Crippen LogP contribution in [0.25, 0.3) is 0 Å². The molecule has 4 heterocycles. The molecule has 9 heteroatoms. The highest BCUT2D eigenvalue weighted by molar-refractivity contribution is 6.35. The molecule has 2 aromatic rings. The summed E-state index contributed by atoms with van der Waals surface area (Å²) in [7, 11) is 1.47. The predicted octanol–water partition coefficient (Wildman–Crippen LogP) is 3.43. The number of rotatable bonds is 2. The van der Waals surface area contributed by atoms with Gasteiger partial charge in [-0.25, -0.2) is 4.90 Å². The summed E-state index contributed by atoms with van der Waals surface area (Å²) >= 11 is 12.6. The van der Waals surface area contributed by atoms with Gasteiger partial charge in [-0.1, -0.05) is 35.3 Å². The van der Waals surface area contributed by atoms with Crippen molar-refractivity contribution in [2.45, 2.75) is 24.4 Å². The second-order valence-electron chi connectivity index (χ2n) is 8.62. The van der Waals surface area contributed by atoms with Crippen LogP contribution in [0.1, 0.15) is 18.4 Å². The summed E-state index contributed by atoms with van der Waals surface area (Å²) in [6, 6.07) is 9.92. The Hall–Kier alpha value is -2.61. The highest BCUT2D eigenvalue weighted by Crippen LogP contribution is 2.61. The van der Waals surface area contributed by atoms with Crippen molar-refractivity contribution < 1.29 is 19.1 Å². The molecular weight excluding hydrogens is 453 g/mol. The molecular formula is C23H19Cl2N3O4. The molecule has 4 aliphatic heterocycles. The van der Waals surface area contributed by atoms with Gasteiger partial charge in [0.15, 0.2) is 0 Å². The van der Waals surface area contributed by atoms with Crippen molar-refractivity contribution in [1.29, 1.82) is 0 Å². The largest absolute Gasteiger partial charge is 0.495 e. The molecule has 0 bridgehead atoms. The quantitative estimate of drug-likeness (QED) is 0.678. The number of hydrogen-bond donors (Lipinski definition) is 1. The van der Waals surface area contributed by atoms with Crippen LogP contribution in [0.3, 0.4) is 0 Å². The molecule has 4 aliphatic rings. The molecule has 7 nitrogen and oxygen atoms in total. The molecule has 2 aromatic carbocycles. The molecule has 0 aromatic heterocycles. The van der Waals surface area contributed by atoms with Crippen LogP contribution < -0.4 is 15.0 Å². The van der Waals surface area contributed by atoms with E-state index in [0.717, 1.165) is 17.7 Å². The summed E-state index contributed by atoms with van der Waals surface area (Å²) < 4.78 is 5.42. The van der Waals surface area contributed by atoms with E-state index >= 15 is 0 Å². The van der Waals surface area contributed by atoms with Crippen molar-refractivity contribution in [2.75, 3.05) is 23.9 Å². The Morgan fingerprint density at radius 2 is 1.94 bits per heavy atom. The van der Waals surface area contributed by atoms with E-state index in [1.54, 1.807) is 30.3 Å². The Morgan fingerprint density at radius 1 is 1.12 bits per heavy atom. The summed E-state index contributed by atoms with van der Waals surface area (Å²) in [5, 5.41) is 3.70. The number of imide groups is 1. The Bertz CT molecular complexity index is 1220. The number of hydrogen-bond acceptors (Lipinski definition) is 5. The van der Waals surface area contributed by atoms with Crippen molar-refractivity contribution in [3.05, 3.63) is 52.0 Å². The van der Waals surface area contributed by atoms with Crippen LogP contribution in [0.2, 0.25) is 10.0 Å². The number of ether oxygens (including phenoxy) is 1. The van der Waals surface area contributed by atoms with Crippen LogP contribution in [0.15, 0.2) is 36.4 Å². The standard InChI is InChI=1S/C23H19Cl2N3O4/c1-32-16-8-7-11(24)10-15(16)28-20(29)17-14-6-3-9-27(14)23(18(17)21(28)30)12-4-2-5-13(25)19(12)26-22(23)31/h2,4-5,7-8,10,14,17-18H,3,6,9H2,1H3,(H,26,31)/t14-,17+,18+,23+/m0/s1. The van der Waals surface area contributed by atoms with Gasteiger partial charge in [0.25, 0.3) is 5.91 Å². The van der Waals surface area contributed by atoms with Gasteiger partial charge in [-0.05, 0) is 43.7 Å². The van der Waals surface area contributed by atoms with Gasteiger partial charge >= 0.3 is 0 Å². The van der Waals surface area contributed by atoms with Crippen LogP contribution in [0.4, 0.5) is 11.4 Å². The zero-order chi connectivity index (χ0) is 22.4. The first-order valence-electron chi connectivity index (χ1n) is 10.5. The van der Waals surface area contributed by atoms with Crippen LogP contribution in [-0.4, -0.2) is 42.3 Å². The molecule has 0 aliphatic carbocycles. The van der Waals surface area contributed by atoms with Gasteiger partial charge in [0.05, 0.1) is 35.3 Å². The highest BCUT2D eigenvalue weighted by Gasteiger charge is 2.74. The second-order valence-corrected chi connectivity index (χ2v) is 9.46. The normalized spacial score (nSPS) is 30.7. The van der Waals surface area contributed by atoms with Crippen LogP contribution in [0.5, 0.6) is 5.75 Å². The Kier molecular flexibility index (Phi) is 4.19. The van der Waals surface area contributed by atoms with Gasteiger partial charge in [-0.3, -0.25) is 19.3 Å². The zero-order valence-corrected chi connectivity index (χ0v) is 18.6. The number of nitrogens with zero attached hydrogens (tertiary/aromatic N) is 2. The fourth-order valence-corrected chi connectivity index (χ4v) is 6.66. The van der Waals surface area contributed by atoms with Crippen LogP contribution >= 0.6 is 23.2 Å². The first-order chi connectivity index (χ1) is 15.4. The molecule has 0 saturated carbocycles. The maximum atomic E-state index is 14.0. The van der Waals surface area contributed by atoms with Gasteiger partial charge in [-0.2, -0.15) is 0 Å². The fraction of sp³-hybridized carbons (Fsp3) is 0.348. The number of carbonyl (C=O) groups excluding carboxylic acids is 3. The molecule has 3 amide bonds. The lowest BCUT2D eigenvalue weighted by molar-refractivity contribution is -0.135. The number of halogens is 2. The van der Waals surface area contributed by atoms with E-state index in [9.17, 15) is 14.4 Å². The predicted molar refractivity (Wildman–Crippen MR) is 119 cm³/mol. The third-order valence-electron chi connectivity index (χ3n) is 7.36. The molecule has 6 rings (SSSR count). The van der Waals surface area contributed by atoms with Gasteiger partial charge in [-0.15, -0.1) is 0 Å². The lowest BCUT2D eigenvalue weighted by atomic mass is 9.75. The van der Waals surface area contributed by atoms with Gasteiger partial charge in [0.1, 0.15) is 11.3 Å². The van der Waals surface area contributed by atoms with E-state index in [2.05, 4.69) is 10.2 Å². The number of methoxy groups -OCH3 is 1. The number of carbonyl (C=O) groups is 3. The van der Waals surface area contributed by atoms with Crippen molar-refractivity contribution in [3.8, 4) is 5.75 Å². The van der Waals surface area contributed by atoms with E-state index in [1.807, 2.05) is 6.07 Å². The minimum atomic E-state index is -1.26. The average Bonchev–Trinajstić information content (AvgIpc) is 3.47. The van der Waals surface area contributed by atoms with Gasteiger partial charge < -0.3 is 10.1 Å². The summed E-state index contributed by atoms with van der Waals surface area (Å²) in [6.45, 7) is 0.637.